The highest BCUT2D eigenvalue weighted by Crippen LogP contribution is 2.20. The summed E-state index contributed by atoms with van der Waals surface area (Å²) in [6, 6.07) is 0. The number of rotatable bonds is 14. The molecule has 0 aromatic heterocycles. The summed E-state index contributed by atoms with van der Waals surface area (Å²) >= 11 is 0. The molecule has 0 rings (SSSR count). The van der Waals surface area contributed by atoms with Gasteiger partial charge >= 0.3 is 0 Å². The van der Waals surface area contributed by atoms with Gasteiger partial charge in [-0.25, -0.2) is 0 Å². The van der Waals surface area contributed by atoms with Gasteiger partial charge in [-0.2, -0.15) is 0 Å². The lowest BCUT2D eigenvalue weighted by molar-refractivity contribution is -0.656. The number of hydrogen-bond acceptors (Lipinski definition) is 0. The van der Waals surface area contributed by atoms with Crippen LogP contribution in [-0.2, 0) is 0 Å². The van der Waals surface area contributed by atoms with Gasteiger partial charge in [0.05, 0.1) is 13.1 Å². The average molecular weight is 292 g/mol. The van der Waals surface area contributed by atoms with Crippen LogP contribution in [0.1, 0.15) is 91.4 Å². The second-order valence-electron chi connectivity index (χ2n) is 5.87. The van der Waals surface area contributed by atoms with E-state index in [2.05, 4.69) is 26.1 Å². The molecule has 0 aromatic rings. The molecule has 0 saturated heterocycles. The SMILES string of the molecule is CCCCCC(CCCCC)CC[NH2+]CCCC.[Cl-]. The third kappa shape index (κ3) is 16.2. The van der Waals surface area contributed by atoms with E-state index in [-0.39, 0.29) is 12.4 Å². The van der Waals surface area contributed by atoms with Gasteiger partial charge in [0.25, 0.3) is 0 Å². The molecular formula is C17H38ClN. The van der Waals surface area contributed by atoms with Gasteiger partial charge in [0.15, 0.2) is 0 Å². The number of nitrogens with two attached hydrogens (primary N) is 1. The number of quaternary nitrogens is 1. The maximum Gasteiger partial charge on any atom is 0.0758 e. The molecule has 0 unspecified atom stereocenters. The lowest BCUT2D eigenvalue weighted by atomic mass is 9.92. The van der Waals surface area contributed by atoms with E-state index in [0.29, 0.717) is 0 Å². The molecule has 0 saturated carbocycles. The van der Waals surface area contributed by atoms with Crippen LogP contribution in [-0.4, -0.2) is 13.1 Å². The third-order valence-corrected chi connectivity index (χ3v) is 3.97. The normalized spacial score (nSPS) is 10.7. The van der Waals surface area contributed by atoms with Crippen LogP contribution in [0.15, 0.2) is 0 Å². The van der Waals surface area contributed by atoms with E-state index in [0.717, 1.165) is 5.92 Å². The molecule has 0 aliphatic carbocycles. The molecule has 118 valence electrons. The number of halogens is 1. The molecule has 19 heavy (non-hydrogen) atoms. The van der Waals surface area contributed by atoms with E-state index >= 15 is 0 Å². The van der Waals surface area contributed by atoms with E-state index < -0.39 is 0 Å². The summed E-state index contributed by atoms with van der Waals surface area (Å²) in [6.07, 6.45) is 15.7. The molecule has 0 aliphatic rings. The van der Waals surface area contributed by atoms with Crippen molar-refractivity contribution in [2.45, 2.75) is 91.4 Å². The summed E-state index contributed by atoms with van der Waals surface area (Å²) in [5.41, 5.74) is 0. The van der Waals surface area contributed by atoms with Crippen molar-refractivity contribution < 1.29 is 17.7 Å². The first kappa shape index (κ1) is 21.5. The van der Waals surface area contributed by atoms with Gasteiger partial charge in [0, 0.05) is 0 Å². The Morgan fingerprint density at radius 1 is 0.632 bits per heavy atom. The molecular weight excluding hydrogens is 254 g/mol. The Hall–Kier alpha value is 0.250. The molecule has 0 aliphatic heterocycles. The molecule has 2 heteroatoms. The van der Waals surface area contributed by atoms with Crippen molar-refractivity contribution in [2.75, 3.05) is 13.1 Å². The molecule has 0 bridgehead atoms. The summed E-state index contributed by atoms with van der Waals surface area (Å²) in [4.78, 5) is 0. The van der Waals surface area contributed by atoms with Crippen LogP contribution < -0.4 is 17.7 Å². The quantitative estimate of drug-likeness (QED) is 0.468. The predicted molar refractivity (Wildman–Crippen MR) is 83.0 cm³/mol. The molecule has 2 N–H and O–H groups in total. The molecule has 1 nitrogen and oxygen atoms in total. The minimum Gasteiger partial charge on any atom is -1.00 e. The zero-order valence-corrected chi connectivity index (χ0v) is 14.5. The van der Waals surface area contributed by atoms with Crippen LogP contribution >= 0.6 is 0 Å². The number of hydrogen-bond donors (Lipinski definition) is 1. The van der Waals surface area contributed by atoms with E-state index in [4.69, 9.17) is 0 Å². The van der Waals surface area contributed by atoms with Gasteiger partial charge in [-0.1, -0.05) is 78.6 Å². The second kappa shape index (κ2) is 18.2. The molecule has 0 atom stereocenters. The Kier molecular flexibility index (Phi) is 20.7. The van der Waals surface area contributed by atoms with Crippen molar-refractivity contribution in [3.8, 4) is 0 Å². The summed E-state index contributed by atoms with van der Waals surface area (Å²) in [5.74, 6) is 1.01. The van der Waals surface area contributed by atoms with Crippen LogP contribution in [0, 0.1) is 5.92 Å². The van der Waals surface area contributed by atoms with Crippen LogP contribution in [0.4, 0.5) is 0 Å². The van der Waals surface area contributed by atoms with E-state index in [1.54, 1.807) is 0 Å². The standard InChI is InChI=1S/C17H37N.ClH/c1-4-7-10-12-17(13-11-8-5-2)14-16-18-15-9-6-3;/h17-18H,4-16H2,1-3H3;1H. The Balaban J connectivity index is 0. The van der Waals surface area contributed by atoms with Gasteiger partial charge in [-0.3, -0.25) is 0 Å². The molecule has 0 fully saturated rings. The molecule has 0 amide bonds. The fourth-order valence-corrected chi connectivity index (χ4v) is 2.65. The highest BCUT2D eigenvalue weighted by Gasteiger charge is 2.09. The molecule has 0 radical (unpaired) electrons. The van der Waals surface area contributed by atoms with Gasteiger partial charge in [0.1, 0.15) is 0 Å². The smallest absolute Gasteiger partial charge is 0.0758 e. The van der Waals surface area contributed by atoms with Gasteiger partial charge < -0.3 is 17.7 Å². The van der Waals surface area contributed by atoms with E-state index in [1.807, 2.05) is 0 Å². The number of unbranched alkanes of at least 4 members (excludes halogenated alkanes) is 5. The Labute approximate surface area is 128 Å². The summed E-state index contributed by atoms with van der Waals surface area (Å²) in [5, 5.41) is 2.54. The fourth-order valence-electron chi connectivity index (χ4n) is 2.65. The van der Waals surface area contributed by atoms with E-state index in [1.165, 1.54) is 83.7 Å². The third-order valence-electron chi connectivity index (χ3n) is 3.97. The van der Waals surface area contributed by atoms with Crippen molar-refractivity contribution in [3.05, 3.63) is 0 Å². The lowest BCUT2D eigenvalue weighted by Crippen LogP contribution is -3.00. The van der Waals surface area contributed by atoms with Gasteiger partial charge in [-0.15, -0.1) is 0 Å². The summed E-state index contributed by atoms with van der Waals surface area (Å²) in [7, 11) is 0. The van der Waals surface area contributed by atoms with Crippen molar-refractivity contribution in [1.29, 1.82) is 0 Å². The first-order valence-corrected chi connectivity index (χ1v) is 8.66. The van der Waals surface area contributed by atoms with Gasteiger partial charge in [-0.05, 0) is 18.8 Å². The highest BCUT2D eigenvalue weighted by atomic mass is 35.5. The topological polar surface area (TPSA) is 16.6 Å². The maximum atomic E-state index is 2.54. The average Bonchev–Trinajstić information content (AvgIpc) is 2.38. The predicted octanol–water partition coefficient (Wildman–Crippen LogP) is 1.52. The minimum absolute atomic E-state index is 0. The lowest BCUT2D eigenvalue weighted by Gasteiger charge is -2.15. The van der Waals surface area contributed by atoms with Crippen molar-refractivity contribution in [3.63, 3.8) is 0 Å². The summed E-state index contributed by atoms with van der Waals surface area (Å²) in [6.45, 7) is 9.61. The largest absolute Gasteiger partial charge is 1.00 e. The molecule has 0 aromatic carbocycles. The van der Waals surface area contributed by atoms with Crippen LogP contribution in [0.3, 0.4) is 0 Å². The van der Waals surface area contributed by atoms with Crippen LogP contribution in [0.2, 0.25) is 0 Å². The highest BCUT2D eigenvalue weighted by molar-refractivity contribution is 4.59. The minimum atomic E-state index is 0. The summed E-state index contributed by atoms with van der Waals surface area (Å²) < 4.78 is 0. The van der Waals surface area contributed by atoms with Crippen molar-refractivity contribution in [1.82, 2.24) is 0 Å². The van der Waals surface area contributed by atoms with Crippen LogP contribution in [0.25, 0.3) is 0 Å². The Morgan fingerprint density at radius 3 is 1.63 bits per heavy atom. The second-order valence-corrected chi connectivity index (χ2v) is 5.87. The zero-order valence-electron chi connectivity index (χ0n) is 13.7. The molecule has 0 spiro atoms. The molecule has 0 heterocycles. The van der Waals surface area contributed by atoms with Crippen molar-refractivity contribution in [2.24, 2.45) is 5.92 Å². The maximum absolute atomic E-state index is 2.54. The fraction of sp³-hybridized carbons (Fsp3) is 1.00. The Morgan fingerprint density at radius 2 is 1.16 bits per heavy atom. The zero-order chi connectivity index (χ0) is 13.5. The Bertz CT molecular complexity index is 140. The van der Waals surface area contributed by atoms with Gasteiger partial charge in [0.2, 0.25) is 0 Å². The van der Waals surface area contributed by atoms with E-state index in [9.17, 15) is 0 Å². The van der Waals surface area contributed by atoms with Crippen molar-refractivity contribution >= 4 is 0 Å². The first-order valence-electron chi connectivity index (χ1n) is 8.66. The monoisotopic (exact) mass is 291 g/mol. The van der Waals surface area contributed by atoms with Crippen LogP contribution in [0.5, 0.6) is 0 Å². The first-order chi connectivity index (χ1) is 8.85.